The predicted molar refractivity (Wildman–Crippen MR) is 152 cm³/mol. The molecule has 0 radical (unpaired) electrons. The molecule has 2 N–H and O–H groups in total. The summed E-state index contributed by atoms with van der Waals surface area (Å²) in [5.74, 6) is -0.464. The number of esters is 1. The molecule has 5 rings (SSSR count). The number of rotatable bonds is 9. The average molecular weight is 547 g/mol. The molecule has 202 valence electrons. The van der Waals surface area contributed by atoms with Crippen LogP contribution < -0.4 is 15.5 Å². The van der Waals surface area contributed by atoms with E-state index in [1.54, 1.807) is 23.0 Å². The number of benzene rings is 2. The second kappa shape index (κ2) is 12.3. The molecule has 0 saturated carbocycles. The molecule has 1 fully saturated rings. The Balaban J connectivity index is 1.25. The Kier molecular flexibility index (Phi) is 8.39. The molecule has 0 unspecified atom stereocenters. The highest BCUT2D eigenvalue weighted by Gasteiger charge is 2.22. The lowest BCUT2D eigenvalue weighted by Crippen LogP contribution is -2.43. The number of anilines is 2. The molecular formula is C29H31ClN6O3. The monoisotopic (exact) mass is 546 g/mol. The number of ether oxygens (including phenoxy) is 1. The van der Waals surface area contributed by atoms with Crippen LogP contribution in [0.4, 0.5) is 11.4 Å². The summed E-state index contributed by atoms with van der Waals surface area (Å²) in [6, 6.07) is 17.3. The quantitative estimate of drug-likeness (QED) is 0.290. The van der Waals surface area contributed by atoms with Crippen molar-refractivity contribution in [1.29, 1.82) is 0 Å². The van der Waals surface area contributed by atoms with Gasteiger partial charge in [-0.05, 0) is 55.7 Å². The topological polar surface area (TPSA) is 101 Å². The highest BCUT2D eigenvalue weighted by molar-refractivity contribution is 6.30. The summed E-state index contributed by atoms with van der Waals surface area (Å²) in [5.41, 5.74) is 4.27. The molecule has 39 heavy (non-hydrogen) atoms. The Morgan fingerprint density at radius 2 is 1.92 bits per heavy atom. The number of hydrogen-bond donors (Lipinski definition) is 2. The summed E-state index contributed by atoms with van der Waals surface area (Å²) in [6.45, 7) is 4.52. The zero-order valence-corrected chi connectivity index (χ0v) is 22.5. The molecular weight excluding hydrogens is 516 g/mol. The zero-order chi connectivity index (χ0) is 27.2. The lowest BCUT2D eigenvalue weighted by Gasteiger charge is -2.35. The van der Waals surface area contributed by atoms with Crippen LogP contribution in [0.1, 0.15) is 36.7 Å². The van der Waals surface area contributed by atoms with Gasteiger partial charge in [0, 0.05) is 42.5 Å². The molecule has 1 aliphatic heterocycles. The van der Waals surface area contributed by atoms with Gasteiger partial charge in [-0.15, -0.1) is 0 Å². The van der Waals surface area contributed by atoms with Crippen LogP contribution >= 0.6 is 11.6 Å². The third kappa shape index (κ3) is 6.38. The van der Waals surface area contributed by atoms with E-state index in [-0.39, 0.29) is 11.9 Å². The molecule has 0 atom stereocenters. The number of carbonyl (C=O) groups is 2. The molecule has 2 aromatic heterocycles. The van der Waals surface area contributed by atoms with Gasteiger partial charge in [0.15, 0.2) is 5.65 Å². The molecule has 9 nitrogen and oxygen atoms in total. The van der Waals surface area contributed by atoms with Crippen molar-refractivity contribution < 1.29 is 14.3 Å². The zero-order valence-electron chi connectivity index (χ0n) is 21.8. The number of fused-ring (bicyclic) bond motifs is 1. The molecule has 1 aliphatic rings. The van der Waals surface area contributed by atoms with E-state index in [9.17, 15) is 9.59 Å². The van der Waals surface area contributed by atoms with E-state index in [4.69, 9.17) is 16.3 Å². The van der Waals surface area contributed by atoms with Gasteiger partial charge in [-0.1, -0.05) is 35.9 Å². The van der Waals surface area contributed by atoms with E-state index < -0.39 is 0 Å². The number of nitrogens with zero attached hydrogens (tertiary/aromatic N) is 4. The maximum absolute atomic E-state index is 13.3. The minimum atomic E-state index is -0.293. The number of aromatic nitrogens is 3. The van der Waals surface area contributed by atoms with Gasteiger partial charge >= 0.3 is 5.97 Å². The number of amides is 1. The summed E-state index contributed by atoms with van der Waals surface area (Å²) in [5, 5.41) is 11.5. The van der Waals surface area contributed by atoms with E-state index in [0.717, 1.165) is 48.4 Å². The van der Waals surface area contributed by atoms with Crippen LogP contribution in [-0.4, -0.2) is 58.8 Å². The van der Waals surface area contributed by atoms with Gasteiger partial charge in [0.1, 0.15) is 5.69 Å². The fraction of sp³-hybridized carbons (Fsp3) is 0.310. The Hall–Kier alpha value is -3.95. The second-order valence-electron chi connectivity index (χ2n) is 9.39. The van der Waals surface area contributed by atoms with Crippen molar-refractivity contribution >= 4 is 40.5 Å². The van der Waals surface area contributed by atoms with Gasteiger partial charge in [0.25, 0.3) is 5.91 Å². The van der Waals surface area contributed by atoms with Crippen LogP contribution in [0.5, 0.6) is 0 Å². The molecule has 0 bridgehead atoms. The summed E-state index contributed by atoms with van der Waals surface area (Å²) in [6.07, 6.45) is 5.72. The van der Waals surface area contributed by atoms with E-state index in [2.05, 4.69) is 25.6 Å². The Morgan fingerprint density at radius 1 is 1.10 bits per heavy atom. The summed E-state index contributed by atoms with van der Waals surface area (Å²) < 4.78 is 6.64. The van der Waals surface area contributed by atoms with Gasteiger partial charge in [-0.3, -0.25) is 9.59 Å². The first kappa shape index (κ1) is 26.6. The largest absolute Gasteiger partial charge is 0.466 e. The molecule has 10 heteroatoms. The summed E-state index contributed by atoms with van der Waals surface area (Å²) in [7, 11) is 0. The van der Waals surface area contributed by atoms with Gasteiger partial charge < -0.3 is 20.3 Å². The molecule has 0 spiro atoms. The number of hydrogen-bond acceptors (Lipinski definition) is 7. The highest BCUT2D eigenvalue weighted by atomic mass is 35.5. The van der Waals surface area contributed by atoms with Crippen molar-refractivity contribution in [2.45, 2.75) is 32.2 Å². The fourth-order valence-electron chi connectivity index (χ4n) is 4.83. The first-order valence-corrected chi connectivity index (χ1v) is 13.5. The van der Waals surface area contributed by atoms with Crippen LogP contribution in [0.2, 0.25) is 5.02 Å². The third-order valence-corrected chi connectivity index (χ3v) is 7.03. The van der Waals surface area contributed by atoms with Crippen LogP contribution in [0.3, 0.4) is 0 Å². The van der Waals surface area contributed by atoms with Crippen LogP contribution in [-0.2, 0) is 9.53 Å². The van der Waals surface area contributed by atoms with E-state index in [1.807, 2.05) is 55.5 Å². The first-order chi connectivity index (χ1) is 19.0. The lowest BCUT2D eigenvalue weighted by molar-refractivity contribution is -0.143. The minimum absolute atomic E-state index is 0.172. The lowest BCUT2D eigenvalue weighted by atomic mass is 10.0. The SMILES string of the molecule is CCOC(=O)CCNC1CCN(c2ccccc2NC(=O)c2ccn3ncc(-c4cccc(Cl)c4)c3n2)CC1. The van der Waals surface area contributed by atoms with Gasteiger partial charge in [-0.2, -0.15) is 5.10 Å². The maximum Gasteiger partial charge on any atom is 0.307 e. The normalized spacial score (nSPS) is 13.9. The van der Waals surface area contributed by atoms with Crippen LogP contribution in [0.15, 0.2) is 67.0 Å². The third-order valence-electron chi connectivity index (χ3n) is 6.79. The standard InChI is InChI=1S/C29H31ClN6O3/c1-2-39-27(37)10-14-31-22-11-15-35(16-12-22)26-9-4-3-8-24(26)34-29(38)25-13-17-36-28(33-25)23(19-32-36)20-6-5-7-21(30)18-20/h3-9,13,17-19,22,31H,2,10-12,14-16H2,1H3,(H,34,38). The van der Waals surface area contributed by atoms with E-state index in [0.29, 0.717) is 42.0 Å². The molecule has 1 amide bonds. The first-order valence-electron chi connectivity index (χ1n) is 13.2. The average Bonchev–Trinajstić information content (AvgIpc) is 3.37. The summed E-state index contributed by atoms with van der Waals surface area (Å²) in [4.78, 5) is 31.8. The van der Waals surface area contributed by atoms with Crippen LogP contribution in [0, 0.1) is 0 Å². The van der Waals surface area contributed by atoms with Crippen molar-refractivity contribution in [3.8, 4) is 11.1 Å². The van der Waals surface area contributed by atoms with Crippen molar-refractivity contribution in [2.24, 2.45) is 0 Å². The maximum atomic E-state index is 13.3. The predicted octanol–water partition coefficient (Wildman–Crippen LogP) is 4.81. The number of carbonyl (C=O) groups excluding carboxylic acids is 2. The van der Waals surface area contributed by atoms with Crippen molar-refractivity contribution in [2.75, 3.05) is 36.5 Å². The number of nitrogens with one attached hydrogen (secondary N) is 2. The Morgan fingerprint density at radius 3 is 2.72 bits per heavy atom. The smallest absolute Gasteiger partial charge is 0.307 e. The van der Waals surface area contributed by atoms with E-state index >= 15 is 0 Å². The van der Waals surface area contributed by atoms with Gasteiger partial charge in [0.2, 0.25) is 0 Å². The number of halogens is 1. The van der Waals surface area contributed by atoms with Crippen molar-refractivity contribution in [1.82, 2.24) is 19.9 Å². The fourth-order valence-corrected chi connectivity index (χ4v) is 5.02. The van der Waals surface area contributed by atoms with E-state index in [1.165, 1.54) is 0 Å². The number of piperidine rings is 1. The van der Waals surface area contributed by atoms with Crippen LogP contribution in [0.25, 0.3) is 16.8 Å². The Bertz CT molecular complexity index is 1460. The minimum Gasteiger partial charge on any atom is -0.466 e. The Labute approximate surface area is 232 Å². The van der Waals surface area contributed by atoms with Crippen molar-refractivity contribution in [3.63, 3.8) is 0 Å². The molecule has 0 aliphatic carbocycles. The molecule has 4 aromatic rings. The van der Waals surface area contributed by atoms with Gasteiger partial charge in [0.05, 0.1) is 30.6 Å². The van der Waals surface area contributed by atoms with Crippen molar-refractivity contribution in [3.05, 3.63) is 77.7 Å². The molecule has 3 heterocycles. The molecule has 1 saturated heterocycles. The second-order valence-corrected chi connectivity index (χ2v) is 9.83. The molecule has 2 aromatic carbocycles. The van der Waals surface area contributed by atoms with Gasteiger partial charge in [-0.25, -0.2) is 9.50 Å². The summed E-state index contributed by atoms with van der Waals surface area (Å²) >= 11 is 6.18. The highest BCUT2D eigenvalue weighted by Crippen LogP contribution is 2.29. The number of para-hydroxylation sites is 2.